The highest BCUT2D eigenvalue weighted by Gasteiger charge is 2.60. The van der Waals surface area contributed by atoms with Crippen molar-refractivity contribution in [3.63, 3.8) is 0 Å². The van der Waals surface area contributed by atoms with Crippen LogP contribution in [0.1, 0.15) is 113 Å². The monoisotopic (exact) mass is 811 g/mol. The quantitative estimate of drug-likeness (QED) is 0.103. The fraction of sp³-hybridized carbons (Fsp3) is 0.784. The lowest BCUT2D eigenvalue weighted by Gasteiger charge is -2.34. The van der Waals surface area contributed by atoms with E-state index in [0.29, 0.717) is 16.9 Å². The molecule has 2 aromatic rings. The Morgan fingerprint density at radius 3 is 2.20 bits per heavy atom. The summed E-state index contributed by atoms with van der Waals surface area (Å²) in [6.07, 6.45) is 1.12. The van der Waals surface area contributed by atoms with Crippen molar-refractivity contribution < 1.29 is 61.2 Å². The average Bonchev–Trinajstić information content (AvgIpc) is 3.91. The van der Waals surface area contributed by atoms with Crippen LogP contribution < -0.4 is 4.90 Å². The van der Waals surface area contributed by atoms with E-state index in [1.807, 2.05) is 0 Å². The molecule has 5 atom stereocenters. The van der Waals surface area contributed by atoms with Gasteiger partial charge >= 0.3 is 25.6 Å². The lowest BCUT2D eigenvalue weighted by molar-refractivity contribution is -0.207. The first-order valence-corrected chi connectivity index (χ1v) is 21.1. The zero-order valence-electron chi connectivity index (χ0n) is 34.2. The Balaban J connectivity index is 1.57. The predicted octanol–water partition coefficient (Wildman–Crippen LogP) is 5.99. The number of esters is 2. The van der Waals surface area contributed by atoms with E-state index in [0.717, 1.165) is 25.7 Å². The molecular weight excluding hydrogens is 753 g/mol. The molecule has 0 radical (unpaired) electrons. The molecule has 5 rings (SSSR count). The SMILES string of the molecule is CCOC(=O)CCc1nc(N(C(=O)OC(C)(C)C)C2CCCC2)c2cnn([C@@H]3O[C@H](COC(C)(C(=O)OCC)P(=O)(OCC)OCC)[C@H]4OC(C)(C)O[C@H]43)c2n1. The molecule has 1 unspecified atom stereocenters. The fourth-order valence-electron chi connectivity index (χ4n) is 7.14. The number of anilines is 1. The molecule has 2 aliphatic heterocycles. The molecule has 0 bridgehead atoms. The highest BCUT2D eigenvalue weighted by Crippen LogP contribution is 2.61. The maximum Gasteiger partial charge on any atom is 0.416 e. The van der Waals surface area contributed by atoms with Crippen molar-refractivity contribution in [3.05, 3.63) is 12.0 Å². The fourth-order valence-corrected chi connectivity index (χ4v) is 8.91. The first-order chi connectivity index (χ1) is 26.4. The molecule has 3 fully saturated rings. The molecule has 0 aromatic carbocycles. The Hall–Kier alpha value is -3.25. The van der Waals surface area contributed by atoms with Crippen molar-refractivity contribution in [3.8, 4) is 0 Å². The average molecular weight is 812 g/mol. The minimum Gasteiger partial charge on any atom is -0.466 e. The number of hydrogen-bond acceptors (Lipinski definition) is 16. The van der Waals surface area contributed by atoms with Crippen LogP contribution in [-0.4, -0.2) is 112 Å². The second kappa shape index (κ2) is 17.7. The molecule has 1 aliphatic carbocycles. The van der Waals surface area contributed by atoms with Gasteiger partial charge in [-0.2, -0.15) is 5.10 Å². The summed E-state index contributed by atoms with van der Waals surface area (Å²) < 4.78 is 68.6. The van der Waals surface area contributed by atoms with Gasteiger partial charge in [0.05, 0.1) is 51.0 Å². The summed E-state index contributed by atoms with van der Waals surface area (Å²) >= 11 is 0. The van der Waals surface area contributed by atoms with Gasteiger partial charge in [-0.1, -0.05) is 12.8 Å². The Labute approximate surface area is 328 Å². The number of aromatic nitrogens is 4. The van der Waals surface area contributed by atoms with Gasteiger partial charge in [-0.3, -0.25) is 14.3 Å². The zero-order valence-corrected chi connectivity index (χ0v) is 35.1. The molecule has 1 saturated carbocycles. The van der Waals surface area contributed by atoms with Crippen molar-refractivity contribution in [1.29, 1.82) is 0 Å². The van der Waals surface area contributed by atoms with Gasteiger partial charge in [-0.25, -0.2) is 24.2 Å². The minimum absolute atomic E-state index is 0.00201. The van der Waals surface area contributed by atoms with E-state index >= 15 is 0 Å². The number of rotatable bonds is 17. The summed E-state index contributed by atoms with van der Waals surface area (Å²) in [4.78, 5) is 51.1. The van der Waals surface area contributed by atoms with Gasteiger partial charge in [0, 0.05) is 12.5 Å². The lowest BCUT2D eigenvalue weighted by Crippen LogP contribution is -2.44. The standard InChI is InChI=1S/C37H58N5O13P/c1-11-47-27(43)20-19-26-39-30(41(23-17-15-16-18-23)34(45)55-35(5,6)7)24-21-38-42(31(24)40-26)32-29-28(53-36(8,9)54-29)25(52-32)22-49-37(10,33(44)48-12-2)56(46,50-13-3)51-14-4/h21,23,25,28-29,32H,11-20,22H2,1-10H3/t25-,28-,29-,32-,37?/m1/s1. The molecule has 4 heterocycles. The molecule has 2 aromatic heterocycles. The van der Waals surface area contributed by atoms with Crippen molar-refractivity contribution in [1.82, 2.24) is 19.7 Å². The van der Waals surface area contributed by atoms with Crippen LogP contribution in [0.25, 0.3) is 11.0 Å². The Morgan fingerprint density at radius 2 is 1.59 bits per heavy atom. The summed E-state index contributed by atoms with van der Waals surface area (Å²) in [5.74, 6) is -1.82. The van der Waals surface area contributed by atoms with Gasteiger partial charge in [-0.15, -0.1) is 0 Å². The molecule has 1 amide bonds. The molecule has 0 spiro atoms. The number of carbonyl (C=O) groups excluding carboxylic acids is 3. The smallest absolute Gasteiger partial charge is 0.416 e. The van der Waals surface area contributed by atoms with E-state index in [1.165, 1.54) is 11.6 Å². The van der Waals surface area contributed by atoms with Crippen molar-refractivity contribution in [2.75, 3.05) is 37.9 Å². The van der Waals surface area contributed by atoms with Gasteiger partial charge in [0.2, 0.25) is 0 Å². The Bertz CT molecular complexity index is 1750. The second-order valence-electron chi connectivity index (χ2n) is 15.4. The first-order valence-electron chi connectivity index (χ1n) is 19.5. The van der Waals surface area contributed by atoms with Crippen LogP contribution in [0.2, 0.25) is 0 Å². The summed E-state index contributed by atoms with van der Waals surface area (Å²) in [5, 5.41) is 3.02. The number of amides is 1. The van der Waals surface area contributed by atoms with E-state index in [9.17, 15) is 18.9 Å². The number of carbonyl (C=O) groups is 3. The summed E-state index contributed by atoms with van der Waals surface area (Å²) in [6.45, 7) is 16.7. The van der Waals surface area contributed by atoms with Crippen molar-refractivity contribution in [2.24, 2.45) is 0 Å². The van der Waals surface area contributed by atoms with Gasteiger partial charge in [-0.05, 0) is 82.1 Å². The Kier molecular flexibility index (Phi) is 13.9. The van der Waals surface area contributed by atoms with Crippen LogP contribution in [-0.2, 0) is 62.8 Å². The molecule has 56 heavy (non-hydrogen) atoms. The number of fused-ring (bicyclic) bond motifs is 2. The third-order valence-electron chi connectivity index (χ3n) is 9.52. The van der Waals surface area contributed by atoms with Gasteiger partial charge in [0.15, 0.2) is 23.5 Å². The Morgan fingerprint density at radius 1 is 0.946 bits per heavy atom. The lowest BCUT2D eigenvalue weighted by atomic mass is 10.1. The van der Waals surface area contributed by atoms with E-state index < -0.39 is 66.9 Å². The van der Waals surface area contributed by atoms with E-state index in [1.54, 1.807) is 73.4 Å². The normalized spacial score (nSPS) is 23.5. The molecule has 2 saturated heterocycles. The third-order valence-corrected chi connectivity index (χ3v) is 12.1. The van der Waals surface area contributed by atoms with Gasteiger partial charge < -0.3 is 42.2 Å². The van der Waals surface area contributed by atoms with Gasteiger partial charge in [0.1, 0.15) is 29.7 Å². The van der Waals surface area contributed by atoms with Crippen LogP contribution in [0, 0.1) is 0 Å². The number of aryl methyl sites for hydroxylation is 1. The topological polar surface area (TPSA) is 198 Å². The molecule has 18 nitrogen and oxygen atoms in total. The van der Waals surface area contributed by atoms with Crippen LogP contribution in [0.5, 0.6) is 0 Å². The second-order valence-corrected chi connectivity index (χ2v) is 17.7. The van der Waals surface area contributed by atoms with Crippen LogP contribution in [0.3, 0.4) is 0 Å². The van der Waals surface area contributed by atoms with Crippen LogP contribution >= 0.6 is 7.60 Å². The number of nitrogens with zero attached hydrogens (tertiary/aromatic N) is 5. The summed E-state index contributed by atoms with van der Waals surface area (Å²) in [5.41, 5.74) is -0.469. The third kappa shape index (κ3) is 9.38. The van der Waals surface area contributed by atoms with Crippen LogP contribution in [0.15, 0.2) is 6.20 Å². The minimum atomic E-state index is -4.24. The summed E-state index contributed by atoms with van der Waals surface area (Å²) in [7, 11) is -4.24. The predicted molar refractivity (Wildman–Crippen MR) is 201 cm³/mol. The zero-order chi connectivity index (χ0) is 41.1. The molecule has 19 heteroatoms. The maximum atomic E-state index is 14.1. The first kappa shape index (κ1) is 43.9. The molecule has 0 N–H and O–H groups in total. The molecule has 3 aliphatic rings. The number of hydrogen-bond donors (Lipinski definition) is 0. The highest BCUT2D eigenvalue weighted by atomic mass is 31.2. The highest BCUT2D eigenvalue weighted by molar-refractivity contribution is 7.56. The van der Waals surface area contributed by atoms with E-state index in [2.05, 4.69) is 0 Å². The van der Waals surface area contributed by atoms with Gasteiger partial charge in [0.25, 0.3) is 5.34 Å². The molecule has 314 valence electrons. The van der Waals surface area contributed by atoms with Crippen molar-refractivity contribution >= 4 is 42.5 Å². The molecular formula is C37H58N5O13P. The largest absolute Gasteiger partial charge is 0.466 e. The maximum absolute atomic E-state index is 14.1. The van der Waals surface area contributed by atoms with Crippen LogP contribution in [0.4, 0.5) is 10.6 Å². The number of ether oxygens (including phenoxy) is 7. The van der Waals surface area contributed by atoms with E-state index in [4.69, 9.17) is 57.3 Å². The summed E-state index contributed by atoms with van der Waals surface area (Å²) in [6, 6.07) is -0.191. The van der Waals surface area contributed by atoms with Crippen molar-refractivity contribution in [2.45, 2.75) is 155 Å². The van der Waals surface area contributed by atoms with E-state index in [-0.39, 0.29) is 57.7 Å².